The standard InChI is InChI=1S/C22H31N3OS/c1-5-6-21(27-20-10-7-14(2)15(3)16(20)4)25-19-13-24(17-8-9-17)12-11-18(19)23-22(25)26/h6-7,10,17-19H,5,8-9,11-13H2,1-4H3,(H,23,26)/b21-6-. The molecule has 0 spiro atoms. The van der Waals surface area contributed by atoms with E-state index in [4.69, 9.17) is 0 Å². The summed E-state index contributed by atoms with van der Waals surface area (Å²) < 4.78 is 0. The summed E-state index contributed by atoms with van der Waals surface area (Å²) in [6.45, 7) is 10.8. The van der Waals surface area contributed by atoms with Crippen LogP contribution < -0.4 is 5.32 Å². The van der Waals surface area contributed by atoms with Crippen LogP contribution in [0, 0.1) is 20.8 Å². The summed E-state index contributed by atoms with van der Waals surface area (Å²) in [7, 11) is 0. The number of aryl methyl sites for hydroxylation is 1. The van der Waals surface area contributed by atoms with Gasteiger partial charge < -0.3 is 5.32 Å². The van der Waals surface area contributed by atoms with Gasteiger partial charge in [0, 0.05) is 24.0 Å². The quantitative estimate of drug-likeness (QED) is 0.753. The Morgan fingerprint density at radius 3 is 2.70 bits per heavy atom. The third kappa shape index (κ3) is 3.64. The molecule has 4 nitrogen and oxygen atoms in total. The zero-order valence-electron chi connectivity index (χ0n) is 16.9. The van der Waals surface area contributed by atoms with Crippen molar-refractivity contribution in [2.75, 3.05) is 13.1 Å². The summed E-state index contributed by atoms with van der Waals surface area (Å²) in [6, 6.07) is 5.77. The molecule has 1 N–H and O–H groups in total. The van der Waals surface area contributed by atoms with Crippen molar-refractivity contribution in [2.24, 2.45) is 0 Å². The van der Waals surface area contributed by atoms with Gasteiger partial charge in [0.15, 0.2) is 0 Å². The van der Waals surface area contributed by atoms with E-state index in [0.717, 1.165) is 37.0 Å². The number of hydrogen-bond acceptors (Lipinski definition) is 3. The van der Waals surface area contributed by atoms with Crippen molar-refractivity contribution in [3.8, 4) is 0 Å². The lowest BCUT2D eigenvalue weighted by Gasteiger charge is -2.38. The van der Waals surface area contributed by atoms with Crippen molar-refractivity contribution in [1.82, 2.24) is 15.1 Å². The van der Waals surface area contributed by atoms with Crippen LogP contribution in [0.15, 0.2) is 28.1 Å². The second kappa shape index (κ2) is 7.51. The lowest BCUT2D eigenvalue weighted by Crippen LogP contribution is -2.51. The SMILES string of the molecule is CC/C=C(\Sc1ccc(C)c(C)c1C)N1C(=O)NC2CCN(C3CC3)CC21. The Kier molecular flexibility index (Phi) is 5.26. The number of nitrogens with one attached hydrogen (secondary N) is 1. The molecule has 2 aliphatic heterocycles. The Morgan fingerprint density at radius 1 is 1.22 bits per heavy atom. The first-order valence-electron chi connectivity index (χ1n) is 10.3. The first-order chi connectivity index (χ1) is 13.0. The zero-order chi connectivity index (χ0) is 19.1. The Balaban J connectivity index is 1.60. The van der Waals surface area contributed by atoms with Gasteiger partial charge in [0.1, 0.15) is 0 Å². The molecule has 1 aliphatic carbocycles. The van der Waals surface area contributed by atoms with E-state index in [2.05, 4.69) is 61.0 Å². The van der Waals surface area contributed by atoms with Crippen molar-refractivity contribution in [3.05, 3.63) is 39.9 Å². The highest BCUT2D eigenvalue weighted by molar-refractivity contribution is 8.03. The second-order valence-electron chi connectivity index (χ2n) is 8.19. The van der Waals surface area contributed by atoms with Gasteiger partial charge in [-0.05, 0) is 69.2 Å². The number of amides is 2. The van der Waals surface area contributed by atoms with Crippen LogP contribution in [0.3, 0.4) is 0 Å². The number of allylic oxidation sites excluding steroid dienone is 1. The maximum absolute atomic E-state index is 12.9. The average molecular weight is 386 g/mol. The summed E-state index contributed by atoms with van der Waals surface area (Å²) in [4.78, 5) is 18.8. The number of rotatable bonds is 5. The molecule has 0 radical (unpaired) electrons. The lowest BCUT2D eigenvalue weighted by atomic mass is 10.00. The number of urea groups is 1. The van der Waals surface area contributed by atoms with Gasteiger partial charge in [0.05, 0.1) is 17.1 Å². The molecule has 1 saturated carbocycles. The smallest absolute Gasteiger partial charge is 0.322 e. The Labute approximate surface area is 167 Å². The molecule has 0 bridgehead atoms. The number of carbonyl (C=O) groups excluding carboxylic acids is 1. The normalized spacial score (nSPS) is 26.3. The monoisotopic (exact) mass is 385 g/mol. The fourth-order valence-electron chi connectivity index (χ4n) is 4.32. The van der Waals surface area contributed by atoms with Gasteiger partial charge in [-0.25, -0.2) is 4.79 Å². The summed E-state index contributed by atoms with van der Waals surface area (Å²) in [5.41, 5.74) is 3.99. The number of benzene rings is 1. The molecule has 0 aromatic heterocycles. The van der Waals surface area contributed by atoms with E-state index in [1.165, 1.54) is 34.4 Å². The van der Waals surface area contributed by atoms with E-state index >= 15 is 0 Å². The first kappa shape index (κ1) is 18.9. The largest absolute Gasteiger partial charge is 0.333 e. The van der Waals surface area contributed by atoms with E-state index in [-0.39, 0.29) is 18.1 Å². The van der Waals surface area contributed by atoms with Crippen LogP contribution in [-0.2, 0) is 0 Å². The molecule has 3 aliphatic rings. The van der Waals surface area contributed by atoms with Crippen molar-refractivity contribution < 1.29 is 4.79 Å². The average Bonchev–Trinajstić information content (AvgIpc) is 3.44. The van der Waals surface area contributed by atoms with Crippen LogP contribution in [0.5, 0.6) is 0 Å². The maximum atomic E-state index is 12.9. The van der Waals surface area contributed by atoms with E-state index in [9.17, 15) is 4.79 Å². The Bertz CT molecular complexity index is 771. The van der Waals surface area contributed by atoms with Gasteiger partial charge in [0.2, 0.25) is 0 Å². The third-order valence-electron chi connectivity index (χ3n) is 6.37. The number of hydrogen-bond donors (Lipinski definition) is 1. The van der Waals surface area contributed by atoms with Crippen LogP contribution >= 0.6 is 11.8 Å². The Hall–Kier alpha value is -1.46. The number of thioether (sulfide) groups is 1. The van der Waals surface area contributed by atoms with E-state index in [0.29, 0.717) is 0 Å². The minimum absolute atomic E-state index is 0.0799. The topological polar surface area (TPSA) is 35.6 Å². The van der Waals surface area contributed by atoms with E-state index in [1.807, 2.05) is 0 Å². The third-order valence-corrected chi connectivity index (χ3v) is 7.61. The number of likely N-dealkylation sites (tertiary alicyclic amines) is 1. The maximum Gasteiger partial charge on any atom is 0.322 e. The van der Waals surface area contributed by atoms with Gasteiger partial charge in [-0.2, -0.15) is 0 Å². The van der Waals surface area contributed by atoms with Crippen LogP contribution in [0.4, 0.5) is 4.79 Å². The molecule has 5 heteroatoms. The van der Waals surface area contributed by atoms with Gasteiger partial charge in [-0.15, -0.1) is 0 Å². The zero-order valence-corrected chi connectivity index (χ0v) is 17.7. The molecule has 27 heavy (non-hydrogen) atoms. The highest BCUT2D eigenvalue weighted by Crippen LogP contribution is 2.39. The number of fused-ring (bicyclic) bond motifs is 1. The van der Waals surface area contributed by atoms with Crippen LogP contribution in [-0.4, -0.2) is 47.0 Å². The molecule has 3 fully saturated rings. The van der Waals surface area contributed by atoms with Crippen molar-refractivity contribution >= 4 is 17.8 Å². The molecule has 2 saturated heterocycles. The molecule has 4 rings (SSSR count). The predicted molar refractivity (Wildman–Crippen MR) is 112 cm³/mol. The van der Waals surface area contributed by atoms with Crippen molar-refractivity contribution in [3.63, 3.8) is 0 Å². The van der Waals surface area contributed by atoms with E-state index in [1.54, 1.807) is 11.8 Å². The fraction of sp³-hybridized carbons (Fsp3) is 0.591. The van der Waals surface area contributed by atoms with E-state index < -0.39 is 0 Å². The molecule has 2 unspecified atom stereocenters. The summed E-state index contributed by atoms with van der Waals surface area (Å²) >= 11 is 1.75. The van der Waals surface area contributed by atoms with Gasteiger partial charge in [-0.1, -0.05) is 30.8 Å². The molecular formula is C22H31N3OS. The highest BCUT2D eigenvalue weighted by atomic mass is 32.2. The van der Waals surface area contributed by atoms with Crippen LogP contribution in [0.2, 0.25) is 0 Å². The van der Waals surface area contributed by atoms with Gasteiger partial charge in [-0.3, -0.25) is 9.80 Å². The summed E-state index contributed by atoms with van der Waals surface area (Å²) in [5.74, 6) is 0. The fourth-order valence-corrected chi connectivity index (χ4v) is 5.55. The Morgan fingerprint density at radius 2 is 2.00 bits per heavy atom. The minimum atomic E-state index is 0.0799. The van der Waals surface area contributed by atoms with Crippen molar-refractivity contribution in [1.29, 1.82) is 0 Å². The van der Waals surface area contributed by atoms with Crippen molar-refractivity contribution in [2.45, 2.75) is 76.4 Å². The lowest BCUT2D eigenvalue weighted by molar-refractivity contribution is 0.144. The molecule has 2 amide bonds. The highest BCUT2D eigenvalue weighted by Gasteiger charge is 2.46. The van der Waals surface area contributed by atoms with Crippen LogP contribution in [0.25, 0.3) is 0 Å². The number of carbonyl (C=O) groups is 1. The van der Waals surface area contributed by atoms with Crippen LogP contribution in [0.1, 0.15) is 49.3 Å². The second-order valence-corrected chi connectivity index (χ2v) is 9.25. The molecule has 2 heterocycles. The van der Waals surface area contributed by atoms with Gasteiger partial charge >= 0.3 is 6.03 Å². The first-order valence-corrected chi connectivity index (χ1v) is 11.1. The summed E-state index contributed by atoms with van der Waals surface area (Å²) in [5, 5.41) is 4.34. The molecule has 1 aromatic rings. The number of piperidine rings is 1. The predicted octanol–water partition coefficient (Wildman–Crippen LogP) is 4.59. The molecule has 146 valence electrons. The van der Waals surface area contributed by atoms with Gasteiger partial charge in [0.25, 0.3) is 0 Å². The summed E-state index contributed by atoms with van der Waals surface area (Å²) in [6.07, 6.45) is 6.87. The molecule has 1 aromatic carbocycles. The minimum Gasteiger partial charge on any atom is -0.333 e. The number of nitrogens with zero attached hydrogens (tertiary/aromatic N) is 2. The molecule has 2 atom stereocenters. The molecular weight excluding hydrogens is 354 g/mol.